The average Bonchev–Trinajstić information content (AvgIpc) is 2.16. The van der Waals surface area contributed by atoms with Gasteiger partial charge in [0.25, 0.3) is 0 Å². The van der Waals surface area contributed by atoms with E-state index in [0.29, 0.717) is 0 Å². The standard InChI is InChI=1S/C12H22O3/c1-9(11(3)13)5-7-15-8-6-10(2)12(4)14/h5-14H,1-4H3. The summed E-state index contributed by atoms with van der Waals surface area (Å²) in [7, 11) is 0. The molecule has 3 heteroatoms. The smallest absolute Gasteiger partial charge is 0.0865 e. The molecule has 0 aromatic rings. The van der Waals surface area contributed by atoms with Gasteiger partial charge in [-0.15, -0.1) is 0 Å². The molecular formula is C12H22O3. The summed E-state index contributed by atoms with van der Waals surface area (Å²) in [6.07, 6.45) is 5.94. The second kappa shape index (κ2) is 7.49. The first kappa shape index (κ1) is 14.2. The van der Waals surface area contributed by atoms with Gasteiger partial charge in [-0.05, 0) is 26.0 Å². The van der Waals surface area contributed by atoms with Gasteiger partial charge in [-0.25, -0.2) is 0 Å². The fourth-order valence-electron chi connectivity index (χ4n) is 0.706. The molecule has 4 unspecified atom stereocenters. The molecule has 0 radical (unpaired) electrons. The third-order valence-electron chi connectivity index (χ3n) is 2.44. The van der Waals surface area contributed by atoms with Gasteiger partial charge < -0.3 is 14.9 Å². The summed E-state index contributed by atoms with van der Waals surface area (Å²) >= 11 is 0. The summed E-state index contributed by atoms with van der Waals surface area (Å²) in [6.45, 7) is 7.29. The molecule has 0 aliphatic rings. The van der Waals surface area contributed by atoms with Crippen LogP contribution in [0.2, 0.25) is 0 Å². The summed E-state index contributed by atoms with van der Waals surface area (Å²) < 4.78 is 5.09. The Bertz CT molecular complexity index is 185. The molecule has 0 heterocycles. The predicted octanol–water partition coefficient (Wildman–Crippen LogP) is 2.06. The molecule has 3 nitrogen and oxygen atoms in total. The van der Waals surface area contributed by atoms with Gasteiger partial charge in [0, 0.05) is 11.8 Å². The van der Waals surface area contributed by atoms with Crippen LogP contribution in [-0.2, 0) is 4.74 Å². The third kappa shape index (κ3) is 7.17. The van der Waals surface area contributed by atoms with Crippen LogP contribution in [0.4, 0.5) is 0 Å². The monoisotopic (exact) mass is 214 g/mol. The summed E-state index contributed by atoms with van der Waals surface area (Å²) in [6, 6.07) is 0. The molecule has 0 saturated carbocycles. The van der Waals surface area contributed by atoms with Crippen molar-refractivity contribution < 1.29 is 14.9 Å². The number of rotatable bonds is 6. The second-order valence-corrected chi connectivity index (χ2v) is 3.99. The lowest BCUT2D eigenvalue weighted by Crippen LogP contribution is -2.10. The second-order valence-electron chi connectivity index (χ2n) is 3.99. The van der Waals surface area contributed by atoms with Crippen LogP contribution < -0.4 is 0 Å². The summed E-state index contributed by atoms with van der Waals surface area (Å²) in [5.74, 6) is 0.153. The molecule has 0 amide bonds. The topological polar surface area (TPSA) is 49.7 Å². The molecule has 0 aliphatic carbocycles. The van der Waals surface area contributed by atoms with E-state index < -0.39 is 0 Å². The van der Waals surface area contributed by atoms with Gasteiger partial charge >= 0.3 is 0 Å². The molecule has 0 spiro atoms. The van der Waals surface area contributed by atoms with Crippen LogP contribution in [0.15, 0.2) is 24.7 Å². The molecule has 0 bridgehead atoms. The fourth-order valence-corrected chi connectivity index (χ4v) is 0.706. The molecule has 0 rings (SSSR count). The highest BCUT2D eigenvalue weighted by atomic mass is 16.5. The first-order valence-electron chi connectivity index (χ1n) is 5.30. The Balaban J connectivity index is 3.79. The highest BCUT2D eigenvalue weighted by molar-refractivity contribution is 4.88. The molecule has 15 heavy (non-hydrogen) atoms. The predicted molar refractivity (Wildman–Crippen MR) is 61.1 cm³/mol. The van der Waals surface area contributed by atoms with Crippen molar-refractivity contribution in [1.82, 2.24) is 0 Å². The first-order valence-corrected chi connectivity index (χ1v) is 5.30. The maximum Gasteiger partial charge on any atom is 0.0865 e. The first-order chi connectivity index (χ1) is 6.95. The lowest BCUT2D eigenvalue weighted by atomic mass is 10.1. The quantitative estimate of drug-likeness (QED) is 0.665. The zero-order valence-corrected chi connectivity index (χ0v) is 9.92. The Morgan fingerprint density at radius 2 is 1.13 bits per heavy atom. The molecule has 0 aliphatic heterocycles. The van der Waals surface area contributed by atoms with E-state index in [9.17, 15) is 10.2 Å². The number of ether oxygens (including phenoxy) is 1. The van der Waals surface area contributed by atoms with Crippen LogP contribution in [0.1, 0.15) is 27.7 Å². The zero-order valence-electron chi connectivity index (χ0n) is 9.92. The number of hydrogen-bond acceptors (Lipinski definition) is 3. The maximum atomic E-state index is 9.18. The Hall–Kier alpha value is -0.800. The van der Waals surface area contributed by atoms with Crippen LogP contribution in [0.3, 0.4) is 0 Å². The number of aliphatic hydroxyl groups excluding tert-OH is 2. The van der Waals surface area contributed by atoms with E-state index in [1.807, 2.05) is 13.8 Å². The minimum atomic E-state index is -0.370. The molecule has 0 saturated heterocycles. The van der Waals surface area contributed by atoms with Crippen molar-refractivity contribution in [3.8, 4) is 0 Å². The summed E-state index contributed by atoms with van der Waals surface area (Å²) in [5, 5.41) is 18.4. The van der Waals surface area contributed by atoms with E-state index in [4.69, 9.17) is 4.74 Å². The van der Waals surface area contributed by atoms with Gasteiger partial charge in [0.05, 0.1) is 24.7 Å². The van der Waals surface area contributed by atoms with E-state index in [1.165, 1.54) is 0 Å². The minimum Gasteiger partial charge on any atom is -0.473 e. The number of hydrogen-bond donors (Lipinski definition) is 2. The maximum absolute atomic E-state index is 9.18. The normalized spacial score (nSPS) is 20.4. The van der Waals surface area contributed by atoms with Crippen molar-refractivity contribution in [2.75, 3.05) is 0 Å². The van der Waals surface area contributed by atoms with Crippen LogP contribution in [0.5, 0.6) is 0 Å². The van der Waals surface area contributed by atoms with Gasteiger partial charge in [0.1, 0.15) is 0 Å². The van der Waals surface area contributed by atoms with Crippen molar-refractivity contribution in [2.24, 2.45) is 11.8 Å². The molecule has 88 valence electrons. The average molecular weight is 214 g/mol. The van der Waals surface area contributed by atoms with Crippen molar-refractivity contribution in [1.29, 1.82) is 0 Å². The zero-order chi connectivity index (χ0) is 11.8. The third-order valence-corrected chi connectivity index (χ3v) is 2.44. The molecule has 2 N–H and O–H groups in total. The van der Waals surface area contributed by atoms with Gasteiger partial charge in [-0.3, -0.25) is 0 Å². The van der Waals surface area contributed by atoms with Crippen LogP contribution in [-0.4, -0.2) is 22.4 Å². The van der Waals surface area contributed by atoms with Crippen LogP contribution >= 0.6 is 0 Å². The van der Waals surface area contributed by atoms with Crippen LogP contribution in [0.25, 0.3) is 0 Å². The summed E-state index contributed by atoms with van der Waals surface area (Å²) in [4.78, 5) is 0. The Morgan fingerprint density at radius 3 is 1.40 bits per heavy atom. The van der Waals surface area contributed by atoms with Crippen molar-refractivity contribution >= 4 is 0 Å². The van der Waals surface area contributed by atoms with E-state index in [0.717, 1.165) is 0 Å². The van der Waals surface area contributed by atoms with Gasteiger partial charge in [-0.2, -0.15) is 0 Å². The fraction of sp³-hybridized carbons (Fsp3) is 0.667. The van der Waals surface area contributed by atoms with Gasteiger partial charge in [0.2, 0.25) is 0 Å². The van der Waals surface area contributed by atoms with Crippen LogP contribution in [0, 0.1) is 11.8 Å². The lowest BCUT2D eigenvalue weighted by molar-refractivity contribution is 0.154. The van der Waals surface area contributed by atoms with Crippen molar-refractivity contribution in [3.05, 3.63) is 24.7 Å². The molecule has 0 aromatic heterocycles. The van der Waals surface area contributed by atoms with Gasteiger partial charge in [-0.1, -0.05) is 13.8 Å². The SMILES string of the molecule is CC(O)C(C)C=COC=CC(C)C(C)O. The number of aliphatic hydroxyl groups is 2. The molecular weight excluding hydrogens is 192 g/mol. The van der Waals surface area contributed by atoms with E-state index >= 15 is 0 Å². The largest absolute Gasteiger partial charge is 0.473 e. The Morgan fingerprint density at radius 1 is 0.800 bits per heavy atom. The lowest BCUT2D eigenvalue weighted by Gasteiger charge is -2.09. The molecule has 0 aromatic carbocycles. The van der Waals surface area contributed by atoms with Crippen molar-refractivity contribution in [3.63, 3.8) is 0 Å². The molecule has 4 atom stereocenters. The van der Waals surface area contributed by atoms with Crippen molar-refractivity contribution in [2.45, 2.75) is 39.9 Å². The highest BCUT2D eigenvalue weighted by Crippen LogP contribution is 2.05. The Kier molecular flexibility index (Phi) is 7.09. The van der Waals surface area contributed by atoms with Gasteiger partial charge in [0.15, 0.2) is 0 Å². The van der Waals surface area contributed by atoms with E-state index in [-0.39, 0.29) is 24.0 Å². The molecule has 0 fully saturated rings. The highest BCUT2D eigenvalue weighted by Gasteiger charge is 2.04. The van der Waals surface area contributed by atoms with E-state index in [2.05, 4.69) is 0 Å². The Labute approximate surface area is 92.1 Å². The minimum absolute atomic E-state index is 0.0765. The summed E-state index contributed by atoms with van der Waals surface area (Å²) in [5.41, 5.74) is 0. The van der Waals surface area contributed by atoms with E-state index in [1.54, 1.807) is 38.5 Å².